The molecule has 0 unspecified atom stereocenters. The molecular weight excluding hydrogens is 248 g/mol. The van der Waals surface area contributed by atoms with Crippen LogP contribution in [0.1, 0.15) is 5.56 Å². The molecule has 0 saturated carbocycles. The quantitative estimate of drug-likeness (QED) is 0.767. The van der Waals surface area contributed by atoms with E-state index in [2.05, 4.69) is 4.98 Å². The average Bonchev–Trinajstić information content (AvgIpc) is 2.79. The number of pyridine rings is 1. The summed E-state index contributed by atoms with van der Waals surface area (Å²) in [5, 5.41) is 11.1. The molecule has 0 radical (unpaired) electrons. The largest absolute Gasteiger partial charge is 0.392 e. The van der Waals surface area contributed by atoms with Crippen LogP contribution in [-0.4, -0.2) is 14.7 Å². The molecule has 3 aromatic rings. The predicted octanol–water partition coefficient (Wildman–Crippen LogP) is 3.17. The van der Waals surface area contributed by atoms with Crippen molar-refractivity contribution < 1.29 is 5.11 Å². The maximum Gasteiger partial charge on any atom is 0.0716 e. The highest BCUT2D eigenvalue weighted by molar-refractivity contribution is 6.30. The van der Waals surface area contributed by atoms with E-state index in [9.17, 15) is 5.11 Å². The normalized spacial score (nSPS) is 11.0. The molecule has 90 valence electrons. The van der Waals surface area contributed by atoms with Gasteiger partial charge in [-0.2, -0.15) is 0 Å². The van der Waals surface area contributed by atoms with Crippen LogP contribution in [-0.2, 0) is 6.61 Å². The van der Waals surface area contributed by atoms with Crippen LogP contribution in [0.2, 0.25) is 5.02 Å². The van der Waals surface area contributed by atoms with Gasteiger partial charge < -0.3 is 9.67 Å². The third-order valence-corrected chi connectivity index (χ3v) is 3.22. The van der Waals surface area contributed by atoms with Crippen molar-refractivity contribution >= 4 is 22.5 Å². The van der Waals surface area contributed by atoms with E-state index < -0.39 is 0 Å². The fourth-order valence-corrected chi connectivity index (χ4v) is 2.21. The van der Waals surface area contributed by atoms with Crippen molar-refractivity contribution in [2.24, 2.45) is 0 Å². The number of rotatable bonds is 2. The van der Waals surface area contributed by atoms with Crippen LogP contribution in [0.3, 0.4) is 0 Å². The van der Waals surface area contributed by atoms with Gasteiger partial charge in [0.1, 0.15) is 0 Å². The second-order valence-electron chi connectivity index (χ2n) is 4.05. The molecule has 2 heterocycles. The lowest BCUT2D eigenvalue weighted by atomic mass is 10.2. The number of fused-ring (bicyclic) bond motifs is 1. The number of nitrogens with zero attached hydrogens (tertiary/aromatic N) is 2. The van der Waals surface area contributed by atoms with Crippen molar-refractivity contribution in [3.63, 3.8) is 0 Å². The topological polar surface area (TPSA) is 38.0 Å². The van der Waals surface area contributed by atoms with Crippen molar-refractivity contribution in [2.45, 2.75) is 6.61 Å². The van der Waals surface area contributed by atoms with Crippen LogP contribution in [0.5, 0.6) is 0 Å². The molecule has 2 aromatic heterocycles. The molecule has 3 nitrogen and oxygen atoms in total. The van der Waals surface area contributed by atoms with Crippen LogP contribution >= 0.6 is 11.6 Å². The zero-order chi connectivity index (χ0) is 12.5. The molecule has 4 heteroatoms. The molecule has 0 aliphatic heterocycles. The molecule has 1 aromatic carbocycles. The zero-order valence-electron chi connectivity index (χ0n) is 9.55. The summed E-state index contributed by atoms with van der Waals surface area (Å²) in [7, 11) is 0. The molecule has 1 N–H and O–H groups in total. The first-order valence-electron chi connectivity index (χ1n) is 5.60. The third-order valence-electron chi connectivity index (χ3n) is 2.97. The first-order chi connectivity index (χ1) is 8.79. The monoisotopic (exact) mass is 258 g/mol. The Morgan fingerprint density at radius 3 is 2.67 bits per heavy atom. The van der Waals surface area contributed by atoms with Gasteiger partial charge in [-0.1, -0.05) is 11.6 Å². The summed E-state index contributed by atoms with van der Waals surface area (Å²) in [6.45, 7) is 0.0150. The molecular formula is C14H11ClN2O. The van der Waals surface area contributed by atoms with E-state index in [4.69, 9.17) is 11.6 Å². The molecule has 0 saturated heterocycles. The summed E-state index contributed by atoms with van der Waals surface area (Å²) < 4.78 is 2.00. The van der Waals surface area contributed by atoms with E-state index >= 15 is 0 Å². The zero-order valence-corrected chi connectivity index (χ0v) is 10.3. The van der Waals surface area contributed by atoms with Crippen molar-refractivity contribution in [1.29, 1.82) is 0 Å². The summed E-state index contributed by atoms with van der Waals surface area (Å²) in [6, 6.07) is 9.48. The number of aliphatic hydroxyl groups excluding tert-OH is 1. The van der Waals surface area contributed by atoms with Gasteiger partial charge in [-0.25, -0.2) is 0 Å². The Balaban J connectivity index is 2.26. The van der Waals surface area contributed by atoms with Gasteiger partial charge in [0.05, 0.1) is 18.3 Å². The summed E-state index contributed by atoms with van der Waals surface area (Å²) in [5.74, 6) is 0. The number of hydrogen-bond acceptors (Lipinski definition) is 2. The SMILES string of the molecule is OCc1cn(-c2ccc(Cl)cc2)c2cnccc12. The smallest absolute Gasteiger partial charge is 0.0716 e. The molecule has 0 amide bonds. The van der Waals surface area contributed by atoms with E-state index in [0.717, 1.165) is 22.2 Å². The van der Waals surface area contributed by atoms with Crippen LogP contribution < -0.4 is 0 Å². The molecule has 0 aliphatic carbocycles. The Kier molecular flexibility index (Phi) is 2.78. The van der Waals surface area contributed by atoms with E-state index in [0.29, 0.717) is 5.02 Å². The van der Waals surface area contributed by atoms with Gasteiger partial charge in [-0.05, 0) is 30.3 Å². The highest BCUT2D eigenvalue weighted by Gasteiger charge is 2.08. The van der Waals surface area contributed by atoms with Gasteiger partial charge in [0.2, 0.25) is 0 Å². The second kappa shape index (κ2) is 4.44. The molecule has 0 atom stereocenters. The molecule has 0 aliphatic rings. The Bertz CT molecular complexity index is 689. The Hall–Kier alpha value is -1.84. The fraction of sp³-hybridized carbons (Fsp3) is 0.0714. The van der Waals surface area contributed by atoms with Crippen LogP contribution in [0.4, 0.5) is 0 Å². The maximum absolute atomic E-state index is 9.39. The van der Waals surface area contributed by atoms with E-state index in [1.54, 1.807) is 12.4 Å². The summed E-state index contributed by atoms with van der Waals surface area (Å²) in [4.78, 5) is 4.14. The lowest BCUT2D eigenvalue weighted by Gasteiger charge is -2.04. The molecule has 0 spiro atoms. The van der Waals surface area contributed by atoms with Crippen LogP contribution in [0.25, 0.3) is 16.6 Å². The Morgan fingerprint density at radius 1 is 1.17 bits per heavy atom. The second-order valence-corrected chi connectivity index (χ2v) is 4.49. The summed E-state index contributed by atoms with van der Waals surface area (Å²) in [5.41, 5.74) is 2.86. The van der Waals surface area contributed by atoms with Crippen molar-refractivity contribution in [3.8, 4) is 5.69 Å². The first kappa shape index (κ1) is 11.3. The number of aliphatic hydroxyl groups is 1. The highest BCUT2D eigenvalue weighted by Crippen LogP contribution is 2.24. The summed E-state index contributed by atoms with van der Waals surface area (Å²) in [6.07, 6.45) is 5.45. The van der Waals surface area contributed by atoms with E-state index in [1.165, 1.54) is 0 Å². The standard InChI is InChI=1S/C14H11ClN2O/c15-11-1-3-12(4-2-11)17-8-10(9-18)13-5-6-16-7-14(13)17/h1-8,18H,9H2. The third kappa shape index (κ3) is 1.78. The van der Waals surface area contributed by atoms with Gasteiger partial charge in [0, 0.05) is 34.1 Å². The van der Waals surface area contributed by atoms with Gasteiger partial charge in [0.15, 0.2) is 0 Å². The van der Waals surface area contributed by atoms with Crippen molar-refractivity contribution in [1.82, 2.24) is 9.55 Å². The Morgan fingerprint density at radius 2 is 1.94 bits per heavy atom. The van der Waals surface area contributed by atoms with Gasteiger partial charge in [-0.3, -0.25) is 4.98 Å². The average molecular weight is 259 g/mol. The number of hydrogen-bond donors (Lipinski definition) is 1. The van der Waals surface area contributed by atoms with E-state index in [-0.39, 0.29) is 6.61 Å². The van der Waals surface area contributed by atoms with Gasteiger partial charge in [-0.15, -0.1) is 0 Å². The molecule has 3 rings (SSSR count). The number of aromatic nitrogens is 2. The summed E-state index contributed by atoms with van der Waals surface area (Å²) >= 11 is 5.89. The van der Waals surface area contributed by atoms with Crippen molar-refractivity contribution in [3.05, 3.63) is 59.5 Å². The van der Waals surface area contributed by atoms with Gasteiger partial charge in [0.25, 0.3) is 0 Å². The first-order valence-corrected chi connectivity index (χ1v) is 5.98. The minimum atomic E-state index is 0.0150. The number of benzene rings is 1. The maximum atomic E-state index is 9.39. The molecule has 0 fully saturated rings. The fourth-order valence-electron chi connectivity index (χ4n) is 2.09. The minimum absolute atomic E-state index is 0.0150. The van der Waals surface area contributed by atoms with Crippen molar-refractivity contribution in [2.75, 3.05) is 0 Å². The predicted molar refractivity (Wildman–Crippen MR) is 72.0 cm³/mol. The van der Waals surface area contributed by atoms with Crippen LogP contribution in [0.15, 0.2) is 48.9 Å². The lowest BCUT2D eigenvalue weighted by molar-refractivity contribution is 0.283. The Labute approximate surface area is 109 Å². The van der Waals surface area contributed by atoms with E-state index in [1.807, 2.05) is 41.1 Å². The van der Waals surface area contributed by atoms with Crippen LogP contribution in [0, 0.1) is 0 Å². The minimum Gasteiger partial charge on any atom is -0.392 e. The number of halogens is 1. The van der Waals surface area contributed by atoms with Gasteiger partial charge >= 0.3 is 0 Å². The lowest BCUT2D eigenvalue weighted by Crippen LogP contribution is -1.91. The molecule has 0 bridgehead atoms. The highest BCUT2D eigenvalue weighted by atomic mass is 35.5. The molecule has 18 heavy (non-hydrogen) atoms.